The first-order valence-corrected chi connectivity index (χ1v) is 11.7. The summed E-state index contributed by atoms with van der Waals surface area (Å²) in [7, 11) is -1.78. The van der Waals surface area contributed by atoms with Gasteiger partial charge in [-0.3, -0.25) is 4.90 Å². The van der Waals surface area contributed by atoms with E-state index in [-0.39, 0.29) is 11.1 Å². The molecule has 3 rings (SSSR count). The third-order valence-corrected chi connectivity index (χ3v) is 10.7. The van der Waals surface area contributed by atoms with Gasteiger partial charge in [0.25, 0.3) is 0 Å². The Hall–Kier alpha value is -0.683. The lowest BCUT2D eigenvalue weighted by molar-refractivity contribution is 0.0328. The van der Waals surface area contributed by atoms with Crippen molar-refractivity contribution in [2.45, 2.75) is 63.5 Å². The van der Waals surface area contributed by atoms with Gasteiger partial charge in [-0.25, -0.2) is 0 Å². The van der Waals surface area contributed by atoms with Crippen LogP contribution in [0.25, 0.3) is 0 Å². The summed E-state index contributed by atoms with van der Waals surface area (Å²) in [5, 5.41) is 11.1. The van der Waals surface area contributed by atoms with Crippen molar-refractivity contribution >= 4 is 8.32 Å². The minimum Gasteiger partial charge on any atom is -0.415 e. The molecule has 1 aromatic rings. The number of nitrogens with zero attached hydrogens (tertiary/aromatic N) is 1. The Morgan fingerprint density at radius 2 is 1.91 bits per heavy atom. The molecule has 0 aromatic heterocycles. The molecule has 2 aliphatic rings. The van der Waals surface area contributed by atoms with E-state index in [0.29, 0.717) is 12.5 Å². The van der Waals surface area contributed by atoms with E-state index in [9.17, 15) is 5.11 Å². The molecule has 2 fully saturated rings. The highest BCUT2D eigenvalue weighted by Crippen LogP contribution is 2.54. The molecule has 1 N–H and O–H groups in total. The van der Waals surface area contributed by atoms with Gasteiger partial charge in [0, 0.05) is 19.0 Å². The third-order valence-electron chi connectivity index (χ3n) is 6.23. The van der Waals surface area contributed by atoms with E-state index in [2.05, 4.69) is 69.1 Å². The summed E-state index contributed by atoms with van der Waals surface area (Å²) < 4.78 is 6.45. The van der Waals surface area contributed by atoms with Gasteiger partial charge in [-0.1, -0.05) is 51.1 Å². The quantitative estimate of drug-likeness (QED) is 0.835. The number of hydrogen-bond acceptors (Lipinski definition) is 3. The smallest absolute Gasteiger partial charge is 0.192 e. The molecule has 1 saturated heterocycles. The van der Waals surface area contributed by atoms with E-state index in [1.54, 1.807) is 0 Å². The van der Waals surface area contributed by atoms with Gasteiger partial charge in [0.1, 0.15) is 0 Å². The van der Waals surface area contributed by atoms with Crippen molar-refractivity contribution in [3.05, 3.63) is 35.9 Å². The molecule has 1 heterocycles. The van der Waals surface area contributed by atoms with Crippen molar-refractivity contribution in [1.29, 1.82) is 0 Å². The van der Waals surface area contributed by atoms with Crippen LogP contribution < -0.4 is 0 Å². The standard InChI is InChI=1S/C19H31NO2Si/c1-18(2,3)23(4,5)22-14-17-19(21)11-16(19)13-20(17)12-15-9-7-6-8-10-15/h6-10,16-17,21H,11-14H2,1-5H3/t16?,17-,19?/m0/s1. The maximum atomic E-state index is 10.9. The zero-order chi connectivity index (χ0) is 16.9. The van der Waals surface area contributed by atoms with Crippen molar-refractivity contribution in [2.24, 2.45) is 5.92 Å². The van der Waals surface area contributed by atoms with E-state index < -0.39 is 13.9 Å². The van der Waals surface area contributed by atoms with Crippen molar-refractivity contribution in [2.75, 3.05) is 13.2 Å². The van der Waals surface area contributed by atoms with Crippen LogP contribution in [0.3, 0.4) is 0 Å². The number of likely N-dealkylation sites (tertiary alicyclic amines) is 1. The normalized spacial score (nSPS) is 31.2. The maximum absolute atomic E-state index is 10.9. The number of benzene rings is 1. The zero-order valence-electron chi connectivity index (χ0n) is 15.2. The Balaban J connectivity index is 1.68. The molecule has 1 aromatic carbocycles. The lowest BCUT2D eigenvalue weighted by Gasteiger charge is -2.39. The zero-order valence-corrected chi connectivity index (χ0v) is 16.2. The van der Waals surface area contributed by atoms with Gasteiger partial charge in [0.15, 0.2) is 8.32 Å². The van der Waals surface area contributed by atoms with Crippen molar-refractivity contribution in [3.8, 4) is 0 Å². The Labute approximate surface area is 141 Å². The fourth-order valence-electron chi connectivity index (χ4n) is 3.44. The Morgan fingerprint density at radius 1 is 1.26 bits per heavy atom. The van der Waals surface area contributed by atoms with Gasteiger partial charge in [0.05, 0.1) is 18.2 Å². The number of piperidine rings is 1. The van der Waals surface area contributed by atoms with Gasteiger partial charge < -0.3 is 9.53 Å². The third kappa shape index (κ3) is 3.27. The Morgan fingerprint density at radius 3 is 2.52 bits per heavy atom. The molecule has 3 atom stereocenters. The number of hydrogen-bond donors (Lipinski definition) is 1. The van der Waals surface area contributed by atoms with E-state index >= 15 is 0 Å². The second-order valence-electron chi connectivity index (χ2n) is 8.89. The van der Waals surface area contributed by atoms with E-state index in [4.69, 9.17) is 4.43 Å². The molecular weight excluding hydrogens is 302 g/mol. The molecule has 0 radical (unpaired) electrons. The van der Waals surface area contributed by atoms with E-state index in [0.717, 1.165) is 19.5 Å². The molecule has 0 bridgehead atoms. The van der Waals surface area contributed by atoms with Crippen LogP contribution in [-0.2, 0) is 11.0 Å². The molecule has 0 amide bonds. The van der Waals surface area contributed by atoms with Crippen LogP contribution in [-0.4, -0.2) is 43.1 Å². The largest absolute Gasteiger partial charge is 0.415 e. The molecule has 1 aliphatic heterocycles. The lowest BCUT2D eigenvalue weighted by Crippen LogP contribution is -2.48. The van der Waals surface area contributed by atoms with E-state index in [1.165, 1.54) is 5.56 Å². The van der Waals surface area contributed by atoms with Crippen molar-refractivity contribution < 1.29 is 9.53 Å². The molecule has 23 heavy (non-hydrogen) atoms. The van der Waals surface area contributed by atoms with Crippen LogP contribution in [0.4, 0.5) is 0 Å². The number of aliphatic hydroxyl groups is 1. The van der Waals surface area contributed by atoms with Gasteiger partial charge in [0.2, 0.25) is 0 Å². The molecule has 4 heteroatoms. The van der Waals surface area contributed by atoms with Crippen molar-refractivity contribution in [1.82, 2.24) is 4.90 Å². The summed E-state index contributed by atoms with van der Waals surface area (Å²) in [5.41, 5.74) is 0.812. The highest BCUT2D eigenvalue weighted by Gasteiger charge is 2.65. The molecule has 128 valence electrons. The van der Waals surface area contributed by atoms with Crippen LogP contribution in [0.15, 0.2) is 30.3 Å². The average molecular weight is 334 g/mol. The highest BCUT2D eigenvalue weighted by atomic mass is 28.4. The summed E-state index contributed by atoms with van der Waals surface area (Å²) in [4.78, 5) is 2.43. The fourth-order valence-corrected chi connectivity index (χ4v) is 4.45. The number of rotatable bonds is 5. The maximum Gasteiger partial charge on any atom is 0.192 e. The SMILES string of the molecule is CC(C)(C)[Si](C)(C)OC[C@@H]1N(Cc2ccccc2)CC2CC21O. The predicted molar refractivity (Wildman–Crippen MR) is 96.8 cm³/mol. The average Bonchev–Trinajstić information content (AvgIpc) is 3.02. The fraction of sp³-hybridized carbons (Fsp3) is 0.684. The van der Waals surface area contributed by atoms with Crippen molar-refractivity contribution in [3.63, 3.8) is 0 Å². The van der Waals surface area contributed by atoms with E-state index in [1.807, 2.05) is 0 Å². The predicted octanol–water partition coefficient (Wildman–Crippen LogP) is 3.64. The molecule has 1 saturated carbocycles. The number of fused-ring (bicyclic) bond motifs is 1. The first kappa shape index (κ1) is 17.2. The summed E-state index contributed by atoms with van der Waals surface area (Å²) in [6, 6.07) is 10.7. The van der Waals surface area contributed by atoms with Crippen LogP contribution in [0.5, 0.6) is 0 Å². The summed E-state index contributed by atoms with van der Waals surface area (Å²) in [6.45, 7) is 14.0. The van der Waals surface area contributed by atoms with Crippen LogP contribution in [0.2, 0.25) is 18.1 Å². The van der Waals surface area contributed by atoms with Crippen LogP contribution >= 0.6 is 0 Å². The molecule has 1 aliphatic carbocycles. The van der Waals surface area contributed by atoms with Gasteiger partial charge in [-0.15, -0.1) is 0 Å². The topological polar surface area (TPSA) is 32.7 Å². The lowest BCUT2D eigenvalue weighted by atomic mass is 10.1. The first-order valence-electron chi connectivity index (χ1n) is 8.78. The van der Waals surface area contributed by atoms with Gasteiger partial charge >= 0.3 is 0 Å². The second-order valence-corrected chi connectivity index (χ2v) is 13.7. The first-order chi connectivity index (χ1) is 10.6. The summed E-state index contributed by atoms with van der Waals surface area (Å²) in [5.74, 6) is 0.444. The van der Waals surface area contributed by atoms with Crippen LogP contribution in [0, 0.1) is 5.92 Å². The highest BCUT2D eigenvalue weighted by molar-refractivity contribution is 6.74. The van der Waals surface area contributed by atoms with Crippen LogP contribution in [0.1, 0.15) is 32.8 Å². The molecular formula is C19H31NO2Si. The minimum absolute atomic E-state index is 0.141. The van der Waals surface area contributed by atoms with Gasteiger partial charge in [-0.05, 0) is 30.1 Å². The summed E-state index contributed by atoms with van der Waals surface area (Å²) >= 11 is 0. The summed E-state index contributed by atoms with van der Waals surface area (Å²) in [6.07, 6.45) is 0.948. The van der Waals surface area contributed by atoms with Gasteiger partial charge in [-0.2, -0.15) is 0 Å². The molecule has 0 spiro atoms. The molecule has 2 unspecified atom stereocenters. The Bertz CT molecular complexity index is 554. The minimum atomic E-state index is -1.78. The Kier molecular flexibility index (Phi) is 4.24. The second kappa shape index (κ2) is 5.69. The molecule has 3 nitrogen and oxygen atoms in total. The monoisotopic (exact) mass is 333 g/mol.